The molecule has 11 heteroatoms. The predicted octanol–water partition coefficient (Wildman–Crippen LogP) is 4.16. The second-order valence-electron chi connectivity index (χ2n) is 10.1. The van der Waals surface area contributed by atoms with Gasteiger partial charge in [-0.1, -0.05) is 18.2 Å². The van der Waals surface area contributed by atoms with E-state index in [1.165, 1.54) is 17.4 Å². The molecule has 0 radical (unpaired) electrons. The van der Waals surface area contributed by atoms with Gasteiger partial charge < -0.3 is 25.0 Å². The first kappa shape index (κ1) is 27.2. The molecule has 1 aromatic carbocycles. The minimum atomic E-state index is -1.50. The molecule has 3 heterocycles. The zero-order chi connectivity index (χ0) is 27.6. The van der Waals surface area contributed by atoms with Gasteiger partial charge in [-0.15, -0.1) is 11.3 Å². The highest BCUT2D eigenvalue weighted by molar-refractivity contribution is 7.14. The molecule has 2 amide bonds. The van der Waals surface area contributed by atoms with Crippen LogP contribution in [0.4, 0.5) is 15.3 Å². The number of rotatable bonds is 8. The lowest BCUT2D eigenvalue weighted by Gasteiger charge is -2.40. The summed E-state index contributed by atoms with van der Waals surface area (Å²) in [5.41, 5.74) is 0.602. The van der Waals surface area contributed by atoms with Gasteiger partial charge in [0.2, 0.25) is 5.91 Å². The summed E-state index contributed by atoms with van der Waals surface area (Å²) < 4.78 is 26.1. The Labute approximate surface area is 230 Å². The topological polar surface area (TPSA) is 106 Å². The highest BCUT2D eigenvalue weighted by Crippen LogP contribution is 2.46. The van der Waals surface area contributed by atoms with E-state index in [1.54, 1.807) is 25.3 Å². The van der Waals surface area contributed by atoms with Crippen molar-refractivity contribution in [2.75, 3.05) is 37.0 Å². The third kappa shape index (κ3) is 6.26. The van der Waals surface area contributed by atoms with Gasteiger partial charge in [0.1, 0.15) is 17.2 Å². The molecular weight excluding hydrogens is 521 g/mol. The Balaban J connectivity index is 1.16. The third-order valence-corrected chi connectivity index (χ3v) is 7.74. The molecule has 5 rings (SSSR count). The molecule has 2 fully saturated rings. The van der Waals surface area contributed by atoms with Crippen molar-refractivity contribution in [3.8, 4) is 11.4 Å². The molecule has 2 N–H and O–H groups in total. The number of anilines is 2. The van der Waals surface area contributed by atoms with E-state index < -0.39 is 17.5 Å². The number of hydrogen-bond acceptors (Lipinski definition) is 8. The van der Waals surface area contributed by atoms with E-state index >= 15 is 4.39 Å². The van der Waals surface area contributed by atoms with E-state index in [0.29, 0.717) is 27.6 Å². The fourth-order valence-electron chi connectivity index (χ4n) is 4.99. The molecule has 0 spiro atoms. The number of pyridine rings is 1. The van der Waals surface area contributed by atoms with Gasteiger partial charge in [0.05, 0.1) is 30.6 Å². The number of carbonyl (C=O) groups excluding carboxylic acids is 2. The summed E-state index contributed by atoms with van der Waals surface area (Å²) in [5, 5.41) is 7.55. The summed E-state index contributed by atoms with van der Waals surface area (Å²) in [6.07, 6.45) is 0.656. The molecule has 9 nitrogen and oxygen atoms in total. The molecule has 0 bridgehead atoms. The van der Waals surface area contributed by atoms with Crippen LogP contribution in [0, 0.1) is 0 Å². The Morgan fingerprint density at radius 3 is 2.62 bits per heavy atom. The first-order valence-electron chi connectivity index (χ1n) is 13.0. The largest absolute Gasteiger partial charge is 0.381 e. The number of hydrogen-bond donors (Lipinski definition) is 2. The van der Waals surface area contributed by atoms with E-state index in [9.17, 15) is 9.59 Å². The van der Waals surface area contributed by atoms with Crippen molar-refractivity contribution in [2.45, 2.75) is 50.7 Å². The molecule has 1 saturated heterocycles. The standard InChI is InChI=1S/C28H32FN5O4S/c1-17-14-34(15-18(2)38-17)24-9-5-8-22(31-24)23-16-39-27(32-23)33-25(35)13-30-26(36)19-6-4-7-20(10-19)28(29)11-21(12-28)37-3/h4-10,16-18,21H,11-15H2,1-3H3,(H,30,36)(H,32,33,35)/t17-,18+,21-,28-. The van der Waals surface area contributed by atoms with E-state index in [-0.39, 0.29) is 37.7 Å². The molecule has 0 unspecified atom stereocenters. The molecule has 1 aliphatic heterocycles. The fraction of sp³-hybridized carbons (Fsp3) is 0.429. The van der Waals surface area contributed by atoms with Crippen LogP contribution in [0.2, 0.25) is 0 Å². The number of thiazole rings is 1. The number of amides is 2. The first-order chi connectivity index (χ1) is 18.7. The van der Waals surface area contributed by atoms with Gasteiger partial charge in [0.15, 0.2) is 5.13 Å². The molecule has 1 aliphatic carbocycles. The van der Waals surface area contributed by atoms with E-state index in [2.05, 4.69) is 20.5 Å². The number of methoxy groups -OCH3 is 1. The Bertz CT molecular complexity index is 1330. The lowest BCUT2D eigenvalue weighted by Crippen LogP contribution is -2.45. The van der Waals surface area contributed by atoms with Gasteiger partial charge in [0.25, 0.3) is 5.91 Å². The second-order valence-corrected chi connectivity index (χ2v) is 11.0. The molecule has 39 heavy (non-hydrogen) atoms. The lowest BCUT2D eigenvalue weighted by molar-refractivity contribution is -0.115. The fourth-order valence-corrected chi connectivity index (χ4v) is 5.71. The monoisotopic (exact) mass is 553 g/mol. The minimum absolute atomic E-state index is 0.111. The summed E-state index contributed by atoms with van der Waals surface area (Å²) in [5.74, 6) is -0.0116. The van der Waals surface area contributed by atoms with Gasteiger partial charge in [-0.25, -0.2) is 14.4 Å². The van der Waals surface area contributed by atoms with Crippen LogP contribution in [-0.2, 0) is 19.9 Å². The number of nitrogens with one attached hydrogen (secondary N) is 2. The normalized spacial score (nSPS) is 24.6. The van der Waals surface area contributed by atoms with Gasteiger partial charge in [-0.05, 0) is 43.7 Å². The SMILES string of the molecule is CO[C@H]1C[C@@](F)(c2cccc(C(=O)NCC(=O)Nc3nc(-c4cccc(N5C[C@@H](C)O[C@@H](C)C5)n4)cs3)c2)C1. The molecular formula is C28H32FN5O4S. The van der Waals surface area contributed by atoms with Crippen LogP contribution in [0.25, 0.3) is 11.4 Å². The van der Waals surface area contributed by atoms with Crippen molar-refractivity contribution in [1.29, 1.82) is 0 Å². The van der Waals surface area contributed by atoms with E-state index in [1.807, 2.05) is 37.4 Å². The summed E-state index contributed by atoms with van der Waals surface area (Å²) in [4.78, 5) is 36.6. The van der Waals surface area contributed by atoms with Crippen LogP contribution >= 0.6 is 11.3 Å². The van der Waals surface area contributed by atoms with Crippen molar-refractivity contribution in [2.24, 2.45) is 0 Å². The van der Waals surface area contributed by atoms with Crippen molar-refractivity contribution >= 4 is 34.1 Å². The van der Waals surface area contributed by atoms with Gasteiger partial charge >= 0.3 is 0 Å². The first-order valence-corrected chi connectivity index (χ1v) is 13.8. The average molecular weight is 554 g/mol. The van der Waals surface area contributed by atoms with Gasteiger partial charge in [-0.2, -0.15) is 0 Å². The summed E-state index contributed by atoms with van der Waals surface area (Å²) in [6.45, 7) is 5.38. The smallest absolute Gasteiger partial charge is 0.251 e. The maximum Gasteiger partial charge on any atom is 0.251 e. The summed E-state index contributed by atoms with van der Waals surface area (Å²) in [6, 6.07) is 12.2. The van der Waals surface area contributed by atoms with Crippen LogP contribution in [0.1, 0.15) is 42.6 Å². The number of halogens is 1. The second kappa shape index (κ2) is 11.4. The molecule has 206 valence electrons. The van der Waals surface area contributed by atoms with Crippen molar-refractivity contribution in [1.82, 2.24) is 15.3 Å². The number of morpholine rings is 1. The van der Waals surface area contributed by atoms with Gasteiger partial charge in [0, 0.05) is 44.0 Å². The average Bonchev–Trinajstić information content (AvgIpc) is 3.38. The molecule has 2 aromatic heterocycles. The Kier molecular flexibility index (Phi) is 7.92. The highest BCUT2D eigenvalue weighted by Gasteiger charge is 2.46. The van der Waals surface area contributed by atoms with Crippen LogP contribution in [-0.4, -0.2) is 66.8 Å². The van der Waals surface area contributed by atoms with Crippen molar-refractivity contribution in [3.63, 3.8) is 0 Å². The van der Waals surface area contributed by atoms with Crippen LogP contribution < -0.4 is 15.5 Å². The number of carbonyl (C=O) groups is 2. The molecule has 1 saturated carbocycles. The number of alkyl halides is 1. The minimum Gasteiger partial charge on any atom is -0.381 e. The number of aromatic nitrogens is 2. The van der Waals surface area contributed by atoms with Crippen LogP contribution in [0.15, 0.2) is 47.8 Å². The number of benzene rings is 1. The third-order valence-electron chi connectivity index (χ3n) is 6.98. The Morgan fingerprint density at radius 1 is 1.13 bits per heavy atom. The summed E-state index contributed by atoms with van der Waals surface area (Å²) in [7, 11) is 1.56. The summed E-state index contributed by atoms with van der Waals surface area (Å²) >= 11 is 1.28. The number of ether oxygens (including phenoxy) is 2. The van der Waals surface area contributed by atoms with Gasteiger partial charge in [-0.3, -0.25) is 9.59 Å². The number of nitrogens with zero attached hydrogens (tertiary/aromatic N) is 3. The Morgan fingerprint density at radius 2 is 1.87 bits per heavy atom. The maximum atomic E-state index is 15.1. The highest BCUT2D eigenvalue weighted by atomic mass is 32.1. The van der Waals surface area contributed by atoms with Crippen molar-refractivity contribution in [3.05, 3.63) is 59.0 Å². The molecule has 3 aromatic rings. The zero-order valence-corrected chi connectivity index (χ0v) is 23.0. The van der Waals surface area contributed by atoms with E-state index in [4.69, 9.17) is 14.5 Å². The van der Waals surface area contributed by atoms with Crippen LogP contribution in [0.5, 0.6) is 0 Å². The quantitative estimate of drug-likeness (QED) is 0.432. The predicted molar refractivity (Wildman–Crippen MR) is 148 cm³/mol. The van der Waals surface area contributed by atoms with Crippen LogP contribution in [0.3, 0.4) is 0 Å². The van der Waals surface area contributed by atoms with E-state index in [0.717, 1.165) is 18.9 Å². The Hall–Kier alpha value is -3.41. The molecule has 2 atom stereocenters. The van der Waals surface area contributed by atoms with Crippen molar-refractivity contribution < 1.29 is 23.5 Å². The molecule has 2 aliphatic rings. The lowest BCUT2D eigenvalue weighted by atomic mass is 9.74. The zero-order valence-electron chi connectivity index (χ0n) is 22.1. The maximum absolute atomic E-state index is 15.1.